The number of halogens is 1. The van der Waals surface area contributed by atoms with Crippen molar-refractivity contribution in [1.29, 1.82) is 0 Å². The van der Waals surface area contributed by atoms with Crippen molar-refractivity contribution in [2.45, 2.75) is 13.8 Å². The predicted molar refractivity (Wildman–Crippen MR) is 87.9 cm³/mol. The van der Waals surface area contributed by atoms with Crippen molar-refractivity contribution in [3.63, 3.8) is 0 Å². The zero-order valence-electron chi connectivity index (χ0n) is 12.0. The number of nitrogen functional groups attached to an aromatic ring is 1. The Kier molecular flexibility index (Phi) is 3.43. The van der Waals surface area contributed by atoms with Crippen LogP contribution in [0.1, 0.15) is 11.3 Å². The lowest BCUT2D eigenvalue weighted by Crippen LogP contribution is -2.02. The predicted octanol–water partition coefficient (Wildman–Crippen LogP) is 4.39. The summed E-state index contributed by atoms with van der Waals surface area (Å²) in [6.07, 6.45) is 0. The summed E-state index contributed by atoms with van der Waals surface area (Å²) in [5, 5.41) is 0.714. The number of anilines is 1. The van der Waals surface area contributed by atoms with Crippen LogP contribution in [0.2, 0.25) is 5.02 Å². The third-order valence-electron chi connectivity index (χ3n) is 3.49. The van der Waals surface area contributed by atoms with E-state index in [-0.39, 0.29) is 0 Å². The summed E-state index contributed by atoms with van der Waals surface area (Å²) in [5.41, 5.74) is 11.3. The Bertz CT molecular complexity index is 705. The molecule has 0 unspecified atom stereocenters. The number of rotatable bonds is 2. The first kappa shape index (κ1) is 13.7. The van der Waals surface area contributed by atoms with Crippen LogP contribution in [0.5, 0.6) is 0 Å². The summed E-state index contributed by atoms with van der Waals surface area (Å²) >= 11 is 5.97. The van der Waals surface area contributed by atoms with E-state index in [0.717, 1.165) is 22.6 Å². The van der Waals surface area contributed by atoms with Crippen molar-refractivity contribution in [3.8, 4) is 16.9 Å². The molecular weight excluding hydrogens is 282 g/mol. The maximum atomic E-state index is 6.11. The van der Waals surface area contributed by atoms with Gasteiger partial charge < -0.3 is 5.73 Å². The molecule has 0 amide bonds. The highest BCUT2D eigenvalue weighted by molar-refractivity contribution is 6.30. The molecule has 1 aromatic heterocycles. The molecule has 0 bridgehead atoms. The van der Waals surface area contributed by atoms with Crippen LogP contribution in [0, 0.1) is 13.8 Å². The van der Waals surface area contributed by atoms with E-state index < -0.39 is 0 Å². The van der Waals surface area contributed by atoms with Crippen molar-refractivity contribution >= 4 is 17.5 Å². The molecule has 0 aliphatic heterocycles. The Morgan fingerprint density at radius 1 is 0.952 bits per heavy atom. The molecule has 0 saturated carbocycles. The van der Waals surface area contributed by atoms with E-state index in [1.165, 1.54) is 5.56 Å². The molecule has 2 N–H and O–H groups in total. The van der Waals surface area contributed by atoms with Gasteiger partial charge in [0.25, 0.3) is 0 Å². The van der Waals surface area contributed by atoms with Crippen molar-refractivity contribution in [3.05, 3.63) is 64.8 Å². The molecule has 0 atom stereocenters. The number of imidazole rings is 1. The van der Waals surface area contributed by atoms with Crippen LogP contribution in [0.25, 0.3) is 16.9 Å². The smallest absolute Gasteiger partial charge is 0.205 e. The molecular formula is C17H16ClN3. The molecule has 0 radical (unpaired) electrons. The van der Waals surface area contributed by atoms with Gasteiger partial charge in [0.15, 0.2) is 0 Å². The van der Waals surface area contributed by atoms with Crippen LogP contribution in [-0.4, -0.2) is 9.55 Å². The number of benzene rings is 2. The first-order chi connectivity index (χ1) is 10.1. The van der Waals surface area contributed by atoms with E-state index in [9.17, 15) is 0 Å². The molecule has 3 aromatic rings. The van der Waals surface area contributed by atoms with Crippen LogP contribution in [0.4, 0.5) is 5.95 Å². The summed E-state index contributed by atoms with van der Waals surface area (Å²) in [6, 6.07) is 15.9. The highest BCUT2D eigenvalue weighted by atomic mass is 35.5. The fourth-order valence-electron chi connectivity index (χ4n) is 2.45. The zero-order chi connectivity index (χ0) is 15.0. The Morgan fingerprint density at radius 3 is 2.19 bits per heavy atom. The molecule has 0 aliphatic rings. The van der Waals surface area contributed by atoms with Gasteiger partial charge in [0.05, 0.1) is 11.4 Å². The molecule has 3 rings (SSSR count). The Morgan fingerprint density at radius 2 is 1.57 bits per heavy atom. The van der Waals surface area contributed by atoms with Gasteiger partial charge in [0.2, 0.25) is 5.95 Å². The monoisotopic (exact) mass is 297 g/mol. The summed E-state index contributed by atoms with van der Waals surface area (Å²) < 4.78 is 1.97. The standard InChI is InChI=1S/C17H16ClN3/c1-11-3-9-15(10-4-11)21-16(12(2)20-17(21)19)13-5-7-14(18)8-6-13/h3-10H,1-2H3,(H2,19,20). The minimum absolute atomic E-state index is 0.487. The molecule has 3 nitrogen and oxygen atoms in total. The average Bonchev–Trinajstić information content (AvgIpc) is 2.75. The van der Waals surface area contributed by atoms with Crippen molar-refractivity contribution in [2.24, 2.45) is 0 Å². The minimum Gasteiger partial charge on any atom is -0.369 e. The van der Waals surface area contributed by atoms with Gasteiger partial charge in [-0.15, -0.1) is 0 Å². The lowest BCUT2D eigenvalue weighted by molar-refractivity contribution is 1.08. The highest BCUT2D eigenvalue weighted by Gasteiger charge is 2.15. The number of aromatic nitrogens is 2. The van der Waals surface area contributed by atoms with Crippen LogP contribution >= 0.6 is 11.6 Å². The van der Waals surface area contributed by atoms with Crippen molar-refractivity contribution in [2.75, 3.05) is 5.73 Å². The average molecular weight is 298 g/mol. The summed E-state index contributed by atoms with van der Waals surface area (Å²) in [4.78, 5) is 4.42. The molecule has 4 heteroatoms. The number of hydrogen-bond donors (Lipinski definition) is 1. The Hall–Kier alpha value is -2.26. The second kappa shape index (κ2) is 5.26. The van der Waals surface area contributed by atoms with Gasteiger partial charge >= 0.3 is 0 Å². The molecule has 21 heavy (non-hydrogen) atoms. The van der Waals surface area contributed by atoms with E-state index in [1.54, 1.807) is 0 Å². The third-order valence-corrected chi connectivity index (χ3v) is 3.74. The molecule has 2 aromatic carbocycles. The summed E-state index contributed by atoms with van der Waals surface area (Å²) in [5.74, 6) is 0.487. The van der Waals surface area contributed by atoms with Gasteiger partial charge in [-0.2, -0.15) is 0 Å². The molecule has 106 valence electrons. The summed E-state index contributed by atoms with van der Waals surface area (Å²) in [7, 11) is 0. The fourth-order valence-corrected chi connectivity index (χ4v) is 2.58. The van der Waals surface area contributed by atoms with Gasteiger partial charge in [-0.05, 0) is 38.1 Å². The molecule has 0 fully saturated rings. The largest absolute Gasteiger partial charge is 0.369 e. The maximum Gasteiger partial charge on any atom is 0.205 e. The van der Waals surface area contributed by atoms with Crippen LogP contribution in [0.3, 0.4) is 0 Å². The maximum absolute atomic E-state index is 6.11. The fraction of sp³-hybridized carbons (Fsp3) is 0.118. The quantitative estimate of drug-likeness (QED) is 0.762. The normalized spacial score (nSPS) is 10.8. The van der Waals surface area contributed by atoms with Crippen molar-refractivity contribution < 1.29 is 0 Å². The third kappa shape index (κ3) is 2.52. The summed E-state index contributed by atoms with van der Waals surface area (Å²) in [6.45, 7) is 4.03. The van der Waals surface area contributed by atoms with E-state index >= 15 is 0 Å². The van der Waals surface area contributed by atoms with Gasteiger partial charge in [-0.25, -0.2) is 4.98 Å². The van der Waals surface area contributed by atoms with Gasteiger partial charge in [-0.3, -0.25) is 4.57 Å². The number of nitrogens with zero attached hydrogens (tertiary/aromatic N) is 2. The Labute approximate surface area is 129 Å². The molecule has 1 heterocycles. The molecule has 0 saturated heterocycles. The Balaban J connectivity index is 2.21. The van der Waals surface area contributed by atoms with Crippen LogP contribution < -0.4 is 5.73 Å². The van der Waals surface area contributed by atoms with Gasteiger partial charge in [0.1, 0.15) is 0 Å². The first-order valence-electron chi connectivity index (χ1n) is 6.74. The lowest BCUT2D eigenvalue weighted by atomic mass is 10.1. The van der Waals surface area contributed by atoms with Gasteiger partial charge in [-0.1, -0.05) is 41.4 Å². The van der Waals surface area contributed by atoms with E-state index in [2.05, 4.69) is 24.0 Å². The van der Waals surface area contributed by atoms with Crippen LogP contribution in [-0.2, 0) is 0 Å². The topological polar surface area (TPSA) is 43.8 Å². The highest BCUT2D eigenvalue weighted by Crippen LogP contribution is 2.30. The van der Waals surface area contributed by atoms with E-state index in [1.807, 2.05) is 47.9 Å². The second-order valence-electron chi connectivity index (χ2n) is 5.08. The van der Waals surface area contributed by atoms with Crippen molar-refractivity contribution in [1.82, 2.24) is 9.55 Å². The van der Waals surface area contributed by atoms with E-state index in [4.69, 9.17) is 17.3 Å². The minimum atomic E-state index is 0.487. The SMILES string of the molecule is Cc1ccc(-n2c(N)nc(C)c2-c2ccc(Cl)cc2)cc1. The molecule has 0 aliphatic carbocycles. The number of hydrogen-bond acceptors (Lipinski definition) is 2. The van der Waals surface area contributed by atoms with Gasteiger partial charge in [0, 0.05) is 16.3 Å². The lowest BCUT2D eigenvalue weighted by Gasteiger charge is -2.11. The zero-order valence-corrected chi connectivity index (χ0v) is 12.7. The van der Waals surface area contributed by atoms with Crippen LogP contribution in [0.15, 0.2) is 48.5 Å². The first-order valence-corrected chi connectivity index (χ1v) is 7.12. The second-order valence-corrected chi connectivity index (χ2v) is 5.52. The number of nitrogens with two attached hydrogens (primary N) is 1. The van der Waals surface area contributed by atoms with E-state index in [0.29, 0.717) is 11.0 Å². The number of aryl methyl sites for hydroxylation is 2. The molecule has 0 spiro atoms.